The second kappa shape index (κ2) is 3.72. The van der Waals surface area contributed by atoms with Gasteiger partial charge >= 0.3 is 5.97 Å². The maximum Gasteiger partial charge on any atom is 0.304 e. The fourth-order valence-electron chi connectivity index (χ4n) is 1.81. The Labute approximate surface area is 85.0 Å². The molecule has 0 aromatic rings. The predicted octanol–water partition coefficient (Wildman–Crippen LogP) is 1.14. The van der Waals surface area contributed by atoms with Gasteiger partial charge in [0.1, 0.15) is 0 Å². The molecule has 0 bridgehead atoms. The van der Waals surface area contributed by atoms with Crippen molar-refractivity contribution in [2.45, 2.75) is 32.5 Å². The van der Waals surface area contributed by atoms with Crippen molar-refractivity contribution in [3.05, 3.63) is 0 Å². The maximum absolute atomic E-state index is 11.8. The van der Waals surface area contributed by atoms with Gasteiger partial charge < -0.3 is 9.67 Å². The standard InChI is InChI=1S/C9H17NO3Si/c1-14(2,3)10-5-4-7(9(10)13)6-8(11)12/h7H,4-6H2,1-3H3,(H,11,12). The summed E-state index contributed by atoms with van der Waals surface area (Å²) in [6, 6.07) is 0. The van der Waals surface area contributed by atoms with Crippen molar-refractivity contribution >= 4 is 20.1 Å². The van der Waals surface area contributed by atoms with Crippen LogP contribution in [0.2, 0.25) is 19.6 Å². The number of rotatable bonds is 3. The molecule has 1 aliphatic heterocycles. The number of carbonyl (C=O) groups is 2. The Kier molecular flexibility index (Phi) is 2.99. The van der Waals surface area contributed by atoms with Crippen molar-refractivity contribution in [3.8, 4) is 0 Å². The zero-order chi connectivity index (χ0) is 10.9. The minimum Gasteiger partial charge on any atom is -0.481 e. The first-order valence-corrected chi connectivity index (χ1v) is 8.30. The monoisotopic (exact) mass is 215 g/mol. The lowest BCUT2D eigenvalue weighted by molar-refractivity contribution is -0.141. The third-order valence-electron chi connectivity index (χ3n) is 2.55. The summed E-state index contributed by atoms with van der Waals surface area (Å²) in [5, 5.41) is 8.62. The van der Waals surface area contributed by atoms with E-state index in [-0.39, 0.29) is 18.2 Å². The zero-order valence-corrected chi connectivity index (χ0v) is 9.91. The molecular weight excluding hydrogens is 198 g/mol. The SMILES string of the molecule is C[Si](C)(C)N1CCC(CC(=O)O)C1=O. The van der Waals surface area contributed by atoms with E-state index < -0.39 is 14.2 Å². The van der Waals surface area contributed by atoms with Crippen LogP contribution in [0.3, 0.4) is 0 Å². The van der Waals surface area contributed by atoms with Gasteiger partial charge in [0.15, 0.2) is 8.24 Å². The number of amides is 1. The van der Waals surface area contributed by atoms with Crippen molar-refractivity contribution in [1.82, 2.24) is 4.57 Å². The van der Waals surface area contributed by atoms with Gasteiger partial charge in [-0.2, -0.15) is 0 Å². The van der Waals surface area contributed by atoms with E-state index in [4.69, 9.17) is 5.11 Å². The summed E-state index contributed by atoms with van der Waals surface area (Å²) in [5.41, 5.74) is 0. The molecule has 14 heavy (non-hydrogen) atoms. The molecule has 1 amide bonds. The Hall–Kier alpha value is -0.843. The summed E-state index contributed by atoms with van der Waals surface area (Å²) in [6.45, 7) is 7.06. The molecule has 80 valence electrons. The first kappa shape index (κ1) is 11.2. The van der Waals surface area contributed by atoms with Crippen molar-refractivity contribution in [2.75, 3.05) is 6.54 Å². The van der Waals surface area contributed by atoms with Gasteiger partial charge in [-0.3, -0.25) is 9.59 Å². The Bertz CT molecular complexity index is 259. The lowest BCUT2D eigenvalue weighted by Gasteiger charge is -2.30. The van der Waals surface area contributed by atoms with Gasteiger partial charge in [-0.25, -0.2) is 0 Å². The van der Waals surface area contributed by atoms with Gasteiger partial charge in [0, 0.05) is 12.5 Å². The molecule has 1 saturated heterocycles. The predicted molar refractivity (Wildman–Crippen MR) is 55.4 cm³/mol. The number of carboxylic acid groups (broad SMARTS) is 1. The summed E-state index contributed by atoms with van der Waals surface area (Å²) in [4.78, 5) is 22.3. The fraction of sp³-hybridized carbons (Fsp3) is 0.778. The molecule has 0 spiro atoms. The van der Waals surface area contributed by atoms with Gasteiger partial charge in [0.2, 0.25) is 5.91 Å². The van der Waals surface area contributed by atoms with E-state index in [1.54, 1.807) is 0 Å². The van der Waals surface area contributed by atoms with Crippen molar-refractivity contribution < 1.29 is 14.7 Å². The highest BCUT2D eigenvalue weighted by atomic mass is 28.3. The average molecular weight is 215 g/mol. The van der Waals surface area contributed by atoms with Gasteiger partial charge in [-0.15, -0.1) is 0 Å². The van der Waals surface area contributed by atoms with Crippen molar-refractivity contribution in [2.24, 2.45) is 5.92 Å². The van der Waals surface area contributed by atoms with Crippen molar-refractivity contribution in [1.29, 1.82) is 0 Å². The Morgan fingerprint density at radius 1 is 1.57 bits per heavy atom. The minimum absolute atomic E-state index is 0.0141. The highest BCUT2D eigenvalue weighted by Gasteiger charge is 2.39. The third kappa shape index (κ3) is 2.34. The zero-order valence-electron chi connectivity index (χ0n) is 8.91. The summed E-state index contributed by atoms with van der Waals surface area (Å²) in [7, 11) is -1.59. The van der Waals surface area contributed by atoms with Crippen LogP contribution in [0, 0.1) is 5.92 Å². The molecule has 1 fully saturated rings. The number of carbonyl (C=O) groups excluding carboxylic acids is 1. The van der Waals surface area contributed by atoms with E-state index in [1.807, 2.05) is 4.57 Å². The number of nitrogens with zero attached hydrogens (tertiary/aromatic N) is 1. The Morgan fingerprint density at radius 3 is 2.50 bits per heavy atom. The largest absolute Gasteiger partial charge is 0.481 e. The molecule has 0 saturated carbocycles. The Morgan fingerprint density at radius 2 is 2.14 bits per heavy atom. The van der Waals surface area contributed by atoms with Crippen LogP contribution in [0.15, 0.2) is 0 Å². The van der Waals surface area contributed by atoms with Gasteiger partial charge in [0.25, 0.3) is 0 Å². The number of hydrogen-bond donors (Lipinski definition) is 1. The molecule has 1 rings (SSSR count). The molecule has 4 nitrogen and oxygen atoms in total. The highest BCUT2D eigenvalue weighted by Crippen LogP contribution is 2.25. The summed E-state index contributed by atoms with van der Waals surface area (Å²) in [6.07, 6.45) is 0.690. The normalized spacial score (nSPS) is 22.9. The van der Waals surface area contributed by atoms with Crippen LogP contribution in [0.4, 0.5) is 0 Å². The van der Waals surface area contributed by atoms with E-state index in [1.165, 1.54) is 0 Å². The number of carboxylic acids is 1. The molecular formula is C9H17NO3Si. The van der Waals surface area contributed by atoms with Gasteiger partial charge in [-0.1, -0.05) is 19.6 Å². The van der Waals surface area contributed by atoms with E-state index in [0.717, 1.165) is 6.54 Å². The molecule has 0 aromatic carbocycles. The van der Waals surface area contributed by atoms with Gasteiger partial charge in [0.05, 0.1) is 6.42 Å². The molecule has 1 unspecified atom stereocenters. The first-order chi connectivity index (χ1) is 6.32. The highest BCUT2D eigenvalue weighted by molar-refractivity contribution is 6.75. The quantitative estimate of drug-likeness (QED) is 0.718. The molecule has 1 N–H and O–H groups in total. The molecule has 0 radical (unpaired) electrons. The Balaban J connectivity index is 2.65. The summed E-state index contributed by atoms with van der Waals surface area (Å²) in [5.74, 6) is -1.11. The molecule has 1 heterocycles. The molecule has 5 heteroatoms. The second-order valence-electron chi connectivity index (χ2n) is 4.74. The van der Waals surface area contributed by atoms with Crippen LogP contribution >= 0.6 is 0 Å². The van der Waals surface area contributed by atoms with Crippen molar-refractivity contribution in [3.63, 3.8) is 0 Å². The van der Waals surface area contributed by atoms with Crippen LogP contribution < -0.4 is 0 Å². The topological polar surface area (TPSA) is 57.6 Å². The summed E-state index contributed by atoms with van der Waals surface area (Å²) >= 11 is 0. The van der Waals surface area contributed by atoms with Crippen LogP contribution in [-0.2, 0) is 9.59 Å². The fourth-order valence-corrected chi connectivity index (χ4v) is 3.45. The van der Waals surface area contributed by atoms with Gasteiger partial charge in [-0.05, 0) is 6.42 Å². The third-order valence-corrected chi connectivity index (χ3v) is 4.61. The molecule has 1 atom stereocenters. The van der Waals surface area contributed by atoms with Crippen LogP contribution in [-0.4, -0.2) is 36.3 Å². The number of aliphatic carboxylic acids is 1. The lowest BCUT2D eigenvalue weighted by Crippen LogP contribution is -2.47. The first-order valence-electron chi connectivity index (χ1n) is 4.85. The van der Waals surface area contributed by atoms with E-state index in [9.17, 15) is 9.59 Å². The minimum atomic E-state index is -1.59. The summed E-state index contributed by atoms with van der Waals surface area (Å²) < 4.78 is 1.90. The van der Waals surface area contributed by atoms with E-state index in [0.29, 0.717) is 6.42 Å². The van der Waals surface area contributed by atoms with Crippen LogP contribution in [0.25, 0.3) is 0 Å². The van der Waals surface area contributed by atoms with Crippen LogP contribution in [0.1, 0.15) is 12.8 Å². The van der Waals surface area contributed by atoms with Crippen LogP contribution in [0.5, 0.6) is 0 Å². The van der Waals surface area contributed by atoms with E-state index >= 15 is 0 Å². The average Bonchev–Trinajstić information content (AvgIpc) is 2.30. The molecule has 0 aliphatic carbocycles. The smallest absolute Gasteiger partial charge is 0.304 e. The second-order valence-corrected chi connectivity index (χ2v) is 9.63. The maximum atomic E-state index is 11.8. The lowest BCUT2D eigenvalue weighted by atomic mass is 10.1. The molecule has 1 aliphatic rings. The molecule has 0 aromatic heterocycles. The van der Waals surface area contributed by atoms with E-state index in [2.05, 4.69) is 19.6 Å². The number of hydrogen-bond acceptors (Lipinski definition) is 2.